The number of carbonyl (C=O) groups excluding carboxylic acids is 1. The standard InChI is InChI=1S/C9H5BrO2S/c10-6-4-13-7-2-1-5(3-11)9(12)8(6)7/h1-4,12H. The molecule has 2 nitrogen and oxygen atoms in total. The summed E-state index contributed by atoms with van der Waals surface area (Å²) < 4.78 is 1.80. The molecule has 0 unspecified atom stereocenters. The Morgan fingerprint density at radius 2 is 2.23 bits per heavy atom. The minimum absolute atomic E-state index is 0.0561. The molecule has 66 valence electrons. The molecular weight excluding hydrogens is 252 g/mol. The average molecular weight is 257 g/mol. The number of halogens is 1. The van der Waals surface area contributed by atoms with Gasteiger partial charge < -0.3 is 5.11 Å². The van der Waals surface area contributed by atoms with Crippen molar-refractivity contribution in [2.24, 2.45) is 0 Å². The highest BCUT2D eigenvalue weighted by Crippen LogP contribution is 2.37. The van der Waals surface area contributed by atoms with Crippen LogP contribution in [0.2, 0.25) is 0 Å². The summed E-state index contributed by atoms with van der Waals surface area (Å²) in [5.74, 6) is 0.0561. The number of hydrogen-bond acceptors (Lipinski definition) is 3. The molecule has 0 radical (unpaired) electrons. The molecule has 0 aliphatic carbocycles. The molecule has 0 spiro atoms. The van der Waals surface area contributed by atoms with Crippen LogP contribution in [0.15, 0.2) is 22.0 Å². The van der Waals surface area contributed by atoms with Gasteiger partial charge in [-0.15, -0.1) is 11.3 Å². The summed E-state index contributed by atoms with van der Waals surface area (Å²) in [5, 5.41) is 12.3. The van der Waals surface area contributed by atoms with Gasteiger partial charge in [0.2, 0.25) is 0 Å². The zero-order valence-corrected chi connectivity index (χ0v) is 8.85. The molecule has 1 aromatic carbocycles. The van der Waals surface area contributed by atoms with Crippen LogP contribution in [0.1, 0.15) is 10.4 Å². The second kappa shape index (κ2) is 3.12. The molecule has 0 bridgehead atoms. The Kier molecular flexibility index (Phi) is 2.09. The molecule has 4 heteroatoms. The number of fused-ring (bicyclic) bond motifs is 1. The minimum atomic E-state index is 0.0561. The van der Waals surface area contributed by atoms with Gasteiger partial charge in [0, 0.05) is 19.9 Å². The lowest BCUT2D eigenvalue weighted by Crippen LogP contribution is -1.80. The van der Waals surface area contributed by atoms with Crippen LogP contribution in [0.4, 0.5) is 0 Å². The highest BCUT2D eigenvalue weighted by atomic mass is 79.9. The van der Waals surface area contributed by atoms with E-state index in [9.17, 15) is 9.90 Å². The number of hydrogen-bond donors (Lipinski definition) is 1. The van der Waals surface area contributed by atoms with Crippen molar-refractivity contribution in [1.29, 1.82) is 0 Å². The third kappa shape index (κ3) is 1.26. The average Bonchev–Trinajstić information content (AvgIpc) is 2.49. The van der Waals surface area contributed by atoms with E-state index in [1.54, 1.807) is 6.07 Å². The molecule has 0 fully saturated rings. The van der Waals surface area contributed by atoms with Crippen molar-refractivity contribution in [3.63, 3.8) is 0 Å². The number of aldehydes is 1. The van der Waals surface area contributed by atoms with E-state index in [2.05, 4.69) is 15.9 Å². The fourth-order valence-corrected chi connectivity index (χ4v) is 2.82. The van der Waals surface area contributed by atoms with Crippen molar-refractivity contribution in [2.75, 3.05) is 0 Å². The normalized spacial score (nSPS) is 10.5. The van der Waals surface area contributed by atoms with Gasteiger partial charge in [0.15, 0.2) is 6.29 Å². The fourth-order valence-electron chi connectivity index (χ4n) is 1.19. The van der Waals surface area contributed by atoms with Gasteiger partial charge in [-0.3, -0.25) is 4.79 Å². The lowest BCUT2D eigenvalue weighted by Gasteiger charge is -1.98. The third-order valence-electron chi connectivity index (χ3n) is 1.83. The molecule has 2 rings (SSSR count). The van der Waals surface area contributed by atoms with Gasteiger partial charge in [-0.05, 0) is 28.1 Å². The second-order valence-electron chi connectivity index (χ2n) is 2.58. The lowest BCUT2D eigenvalue weighted by molar-refractivity contribution is 0.112. The molecular formula is C9H5BrO2S. The number of phenolic OH excluding ortho intramolecular Hbond substituents is 1. The Balaban J connectivity index is 2.91. The summed E-state index contributed by atoms with van der Waals surface area (Å²) in [4.78, 5) is 10.5. The van der Waals surface area contributed by atoms with E-state index in [1.807, 2.05) is 11.4 Å². The molecule has 1 heterocycles. The zero-order valence-electron chi connectivity index (χ0n) is 6.45. The lowest BCUT2D eigenvalue weighted by atomic mass is 10.1. The smallest absolute Gasteiger partial charge is 0.153 e. The van der Waals surface area contributed by atoms with Crippen molar-refractivity contribution < 1.29 is 9.90 Å². The highest BCUT2D eigenvalue weighted by molar-refractivity contribution is 9.10. The number of aromatic hydroxyl groups is 1. The van der Waals surface area contributed by atoms with Crippen LogP contribution in [0.25, 0.3) is 10.1 Å². The summed E-state index contributed by atoms with van der Waals surface area (Å²) in [7, 11) is 0. The van der Waals surface area contributed by atoms with E-state index in [0.717, 1.165) is 14.6 Å². The number of rotatable bonds is 1. The van der Waals surface area contributed by atoms with E-state index in [0.29, 0.717) is 11.8 Å². The van der Waals surface area contributed by atoms with Crippen molar-refractivity contribution in [3.05, 3.63) is 27.5 Å². The van der Waals surface area contributed by atoms with Gasteiger partial charge in [-0.2, -0.15) is 0 Å². The van der Waals surface area contributed by atoms with E-state index in [4.69, 9.17) is 0 Å². The Hall–Kier alpha value is -0.870. The monoisotopic (exact) mass is 256 g/mol. The van der Waals surface area contributed by atoms with Crippen molar-refractivity contribution in [2.45, 2.75) is 0 Å². The van der Waals surface area contributed by atoms with Gasteiger partial charge in [0.05, 0.1) is 5.56 Å². The molecule has 1 N–H and O–H groups in total. The highest BCUT2D eigenvalue weighted by Gasteiger charge is 2.09. The summed E-state index contributed by atoms with van der Waals surface area (Å²) in [5.41, 5.74) is 0.326. The van der Waals surface area contributed by atoms with Crippen LogP contribution in [0.3, 0.4) is 0 Å². The number of benzene rings is 1. The SMILES string of the molecule is O=Cc1ccc2scc(Br)c2c1O. The number of phenols is 1. The molecule has 0 saturated heterocycles. The maximum absolute atomic E-state index is 10.5. The van der Waals surface area contributed by atoms with Crippen LogP contribution in [-0.4, -0.2) is 11.4 Å². The first-order valence-corrected chi connectivity index (χ1v) is 5.25. The topological polar surface area (TPSA) is 37.3 Å². The van der Waals surface area contributed by atoms with Gasteiger partial charge in [0.25, 0.3) is 0 Å². The molecule has 0 atom stereocenters. The number of thiophene rings is 1. The third-order valence-corrected chi connectivity index (χ3v) is 3.70. The molecule has 0 amide bonds. The second-order valence-corrected chi connectivity index (χ2v) is 4.34. The van der Waals surface area contributed by atoms with Crippen LogP contribution >= 0.6 is 27.3 Å². The predicted molar refractivity (Wildman–Crippen MR) is 56.6 cm³/mol. The van der Waals surface area contributed by atoms with E-state index >= 15 is 0 Å². The molecule has 1 aromatic heterocycles. The first-order valence-electron chi connectivity index (χ1n) is 3.58. The van der Waals surface area contributed by atoms with Crippen LogP contribution in [0, 0.1) is 0 Å². The summed E-state index contributed by atoms with van der Waals surface area (Å²) in [6.45, 7) is 0. The first kappa shape index (κ1) is 8.72. The predicted octanol–water partition coefficient (Wildman–Crippen LogP) is 3.18. The Labute approximate surface area is 86.9 Å². The first-order chi connectivity index (χ1) is 6.24. The fraction of sp³-hybridized carbons (Fsp3) is 0. The number of carbonyl (C=O) groups is 1. The summed E-state index contributed by atoms with van der Waals surface area (Å²) in [6, 6.07) is 3.45. The Bertz CT molecular complexity index is 476. The van der Waals surface area contributed by atoms with E-state index in [1.165, 1.54) is 11.3 Å². The molecule has 0 saturated carbocycles. The maximum atomic E-state index is 10.5. The van der Waals surface area contributed by atoms with Crippen LogP contribution < -0.4 is 0 Å². The minimum Gasteiger partial charge on any atom is -0.506 e. The van der Waals surface area contributed by atoms with Gasteiger partial charge in [-0.1, -0.05) is 0 Å². The van der Waals surface area contributed by atoms with E-state index < -0.39 is 0 Å². The zero-order chi connectivity index (χ0) is 9.42. The molecule has 13 heavy (non-hydrogen) atoms. The largest absolute Gasteiger partial charge is 0.506 e. The van der Waals surface area contributed by atoms with Gasteiger partial charge in [-0.25, -0.2) is 0 Å². The Morgan fingerprint density at radius 1 is 1.46 bits per heavy atom. The maximum Gasteiger partial charge on any atom is 0.153 e. The van der Waals surface area contributed by atoms with Gasteiger partial charge >= 0.3 is 0 Å². The van der Waals surface area contributed by atoms with Crippen molar-refractivity contribution >= 4 is 43.6 Å². The summed E-state index contributed by atoms with van der Waals surface area (Å²) >= 11 is 4.84. The quantitative estimate of drug-likeness (QED) is 0.796. The van der Waals surface area contributed by atoms with Crippen molar-refractivity contribution in [3.8, 4) is 5.75 Å². The summed E-state index contributed by atoms with van der Waals surface area (Å²) in [6.07, 6.45) is 0.652. The van der Waals surface area contributed by atoms with Crippen LogP contribution in [0.5, 0.6) is 5.75 Å². The molecule has 0 aliphatic heterocycles. The molecule has 2 aromatic rings. The van der Waals surface area contributed by atoms with Gasteiger partial charge in [0.1, 0.15) is 5.75 Å². The van der Waals surface area contributed by atoms with Crippen molar-refractivity contribution in [1.82, 2.24) is 0 Å². The Morgan fingerprint density at radius 3 is 2.92 bits per heavy atom. The van der Waals surface area contributed by atoms with Crippen LogP contribution in [-0.2, 0) is 0 Å². The van der Waals surface area contributed by atoms with E-state index in [-0.39, 0.29) is 5.75 Å². The molecule has 0 aliphatic rings.